The summed E-state index contributed by atoms with van der Waals surface area (Å²) in [5.41, 5.74) is 7.18. The predicted octanol–water partition coefficient (Wildman–Crippen LogP) is 1.19. The van der Waals surface area contributed by atoms with Gasteiger partial charge in [-0.2, -0.15) is 5.10 Å². The lowest BCUT2D eigenvalue weighted by atomic mass is 10.2. The largest absolute Gasteiger partial charge is 0.396 e. The van der Waals surface area contributed by atoms with Crippen molar-refractivity contribution in [1.82, 2.24) is 9.78 Å². The lowest BCUT2D eigenvalue weighted by molar-refractivity contribution is 0.300. The molecule has 2 rings (SSSR count). The zero-order valence-electron chi connectivity index (χ0n) is 9.31. The molecule has 17 heavy (non-hydrogen) atoms. The molecule has 0 saturated carbocycles. The fourth-order valence-electron chi connectivity index (χ4n) is 1.66. The third-order valence-electron chi connectivity index (χ3n) is 2.62. The number of halogens is 1. The van der Waals surface area contributed by atoms with Gasteiger partial charge in [-0.15, -0.1) is 0 Å². The SMILES string of the molecule is Nc1c(CCO)cnn1Cc1ccccc1F. The summed E-state index contributed by atoms with van der Waals surface area (Å²) < 4.78 is 15.0. The van der Waals surface area contributed by atoms with Gasteiger partial charge in [0.15, 0.2) is 0 Å². The molecule has 1 aromatic carbocycles. The van der Waals surface area contributed by atoms with Crippen molar-refractivity contribution in [3.8, 4) is 0 Å². The van der Waals surface area contributed by atoms with Gasteiger partial charge in [0.2, 0.25) is 0 Å². The van der Waals surface area contributed by atoms with E-state index in [0.717, 1.165) is 5.56 Å². The molecule has 90 valence electrons. The average Bonchev–Trinajstić information content (AvgIpc) is 2.65. The Labute approximate surface area is 98.5 Å². The van der Waals surface area contributed by atoms with Gasteiger partial charge in [0.1, 0.15) is 11.6 Å². The topological polar surface area (TPSA) is 64.1 Å². The van der Waals surface area contributed by atoms with Crippen LogP contribution in [0.1, 0.15) is 11.1 Å². The summed E-state index contributed by atoms with van der Waals surface area (Å²) in [5.74, 6) is 0.202. The molecule has 1 aromatic heterocycles. The number of hydrogen-bond acceptors (Lipinski definition) is 3. The van der Waals surface area contributed by atoms with Crippen LogP contribution in [0.4, 0.5) is 10.2 Å². The van der Waals surface area contributed by atoms with Crippen LogP contribution in [0, 0.1) is 5.82 Å². The third-order valence-corrected chi connectivity index (χ3v) is 2.62. The van der Waals surface area contributed by atoms with Crippen LogP contribution in [0.2, 0.25) is 0 Å². The number of hydrogen-bond donors (Lipinski definition) is 2. The Balaban J connectivity index is 2.22. The summed E-state index contributed by atoms with van der Waals surface area (Å²) in [6, 6.07) is 6.51. The number of rotatable bonds is 4. The van der Waals surface area contributed by atoms with Crippen molar-refractivity contribution < 1.29 is 9.50 Å². The van der Waals surface area contributed by atoms with Gasteiger partial charge in [-0.3, -0.25) is 0 Å². The quantitative estimate of drug-likeness (QED) is 0.836. The van der Waals surface area contributed by atoms with E-state index in [1.807, 2.05) is 0 Å². The summed E-state index contributed by atoms with van der Waals surface area (Å²) in [4.78, 5) is 0. The molecule has 0 unspecified atom stereocenters. The Morgan fingerprint density at radius 1 is 1.29 bits per heavy atom. The normalized spacial score (nSPS) is 10.7. The lowest BCUT2D eigenvalue weighted by Crippen LogP contribution is -2.08. The third kappa shape index (κ3) is 2.45. The molecule has 2 aromatic rings. The fourth-order valence-corrected chi connectivity index (χ4v) is 1.66. The maximum absolute atomic E-state index is 13.4. The number of nitrogens with two attached hydrogens (primary N) is 1. The predicted molar refractivity (Wildman–Crippen MR) is 62.9 cm³/mol. The first kappa shape index (κ1) is 11.6. The molecular formula is C12H14FN3O. The molecule has 1 heterocycles. The molecule has 0 fully saturated rings. The zero-order valence-corrected chi connectivity index (χ0v) is 9.31. The van der Waals surface area contributed by atoms with Gasteiger partial charge in [-0.25, -0.2) is 9.07 Å². The van der Waals surface area contributed by atoms with Crippen LogP contribution >= 0.6 is 0 Å². The molecular weight excluding hydrogens is 221 g/mol. The first-order valence-electron chi connectivity index (χ1n) is 5.37. The van der Waals surface area contributed by atoms with E-state index >= 15 is 0 Å². The highest BCUT2D eigenvalue weighted by Crippen LogP contribution is 2.15. The number of aliphatic hydroxyl groups excluding tert-OH is 1. The van der Waals surface area contributed by atoms with Crippen molar-refractivity contribution in [2.24, 2.45) is 0 Å². The molecule has 0 spiro atoms. The van der Waals surface area contributed by atoms with Gasteiger partial charge in [0, 0.05) is 24.2 Å². The molecule has 0 saturated heterocycles. The van der Waals surface area contributed by atoms with E-state index in [-0.39, 0.29) is 12.4 Å². The van der Waals surface area contributed by atoms with Gasteiger partial charge in [0.25, 0.3) is 0 Å². The summed E-state index contributed by atoms with van der Waals surface area (Å²) in [6.45, 7) is 0.319. The van der Waals surface area contributed by atoms with Gasteiger partial charge < -0.3 is 10.8 Å². The van der Waals surface area contributed by atoms with Gasteiger partial charge in [-0.05, 0) is 6.07 Å². The second-order valence-corrected chi connectivity index (χ2v) is 3.78. The van der Waals surface area contributed by atoms with Gasteiger partial charge in [-0.1, -0.05) is 18.2 Å². The van der Waals surface area contributed by atoms with E-state index in [1.54, 1.807) is 24.4 Å². The second-order valence-electron chi connectivity index (χ2n) is 3.78. The van der Waals surface area contributed by atoms with Crippen LogP contribution in [0.3, 0.4) is 0 Å². The summed E-state index contributed by atoms with van der Waals surface area (Å²) in [7, 11) is 0. The Hall–Kier alpha value is -1.88. The number of aliphatic hydroxyl groups is 1. The van der Waals surface area contributed by atoms with Crippen molar-refractivity contribution >= 4 is 5.82 Å². The van der Waals surface area contributed by atoms with Crippen molar-refractivity contribution in [1.29, 1.82) is 0 Å². The molecule has 4 nitrogen and oxygen atoms in total. The van der Waals surface area contributed by atoms with E-state index in [4.69, 9.17) is 10.8 Å². The summed E-state index contributed by atoms with van der Waals surface area (Å²) in [5, 5.41) is 12.9. The molecule has 5 heteroatoms. The van der Waals surface area contributed by atoms with E-state index < -0.39 is 0 Å². The van der Waals surface area contributed by atoms with Crippen LogP contribution in [0.15, 0.2) is 30.5 Å². The van der Waals surface area contributed by atoms with Crippen molar-refractivity contribution in [2.45, 2.75) is 13.0 Å². The Morgan fingerprint density at radius 3 is 2.76 bits per heavy atom. The zero-order chi connectivity index (χ0) is 12.3. The number of benzene rings is 1. The van der Waals surface area contributed by atoms with Crippen LogP contribution in [-0.2, 0) is 13.0 Å². The molecule has 0 radical (unpaired) electrons. The minimum absolute atomic E-state index is 0.0234. The molecule has 0 aliphatic carbocycles. The summed E-state index contributed by atoms with van der Waals surface area (Å²) >= 11 is 0. The molecule has 0 aliphatic rings. The van der Waals surface area contributed by atoms with E-state index in [0.29, 0.717) is 24.3 Å². The first-order valence-corrected chi connectivity index (χ1v) is 5.37. The molecule has 0 atom stereocenters. The maximum Gasteiger partial charge on any atom is 0.128 e. The van der Waals surface area contributed by atoms with Crippen molar-refractivity contribution in [3.05, 3.63) is 47.4 Å². The lowest BCUT2D eigenvalue weighted by Gasteiger charge is -2.06. The van der Waals surface area contributed by atoms with Gasteiger partial charge in [0.05, 0.1) is 12.7 Å². The molecule has 0 aliphatic heterocycles. The highest BCUT2D eigenvalue weighted by atomic mass is 19.1. The van der Waals surface area contributed by atoms with E-state index in [9.17, 15) is 4.39 Å². The van der Waals surface area contributed by atoms with E-state index in [2.05, 4.69) is 5.10 Å². The Bertz CT molecular complexity index is 510. The number of nitrogens with zero attached hydrogens (tertiary/aromatic N) is 2. The number of nitrogen functional groups attached to an aromatic ring is 1. The van der Waals surface area contributed by atoms with Crippen LogP contribution < -0.4 is 5.73 Å². The first-order chi connectivity index (χ1) is 8.22. The number of anilines is 1. The van der Waals surface area contributed by atoms with Crippen LogP contribution in [0.25, 0.3) is 0 Å². The standard InChI is InChI=1S/C12H14FN3O/c13-11-4-2-1-3-10(11)8-16-12(14)9(5-6-17)7-15-16/h1-4,7,17H,5-6,8,14H2. The highest BCUT2D eigenvalue weighted by Gasteiger charge is 2.09. The monoisotopic (exact) mass is 235 g/mol. The Morgan fingerprint density at radius 2 is 2.06 bits per heavy atom. The van der Waals surface area contributed by atoms with Crippen molar-refractivity contribution in [2.75, 3.05) is 12.3 Å². The van der Waals surface area contributed by atoms with Gasteiger partial charge >= 0.3 is 0 Å². The fraction of sp³-hybridized carbons (Fsp3) is 0.250. The van der Waals surface area contributed by atoms with Crippen LogP contribution in [-0.4, -0.2) is 21.5 Å². The van der Waals surface area contributed by atoms with Crippen molar-refractivity contribution in [3.63, 3.8) is 0 Å². The second kappa shape index (κ2) is 4.97. The molecule has 3 N–H and O–H groups in total. The minimum Gasteiger partial charge on any atom is -0.396 e. The van der Waals surface area contributed by atoms with Crippen LogP contribution in [0.5, 0.6) is 0 Å². The smallest absolute Gasteiger partial charge is 0.128 e. The number of aromatic nitrogens is 2. The maximum atomic E-state index is 13.4. The average molecular weight is 235 g/mol. The molecule has 0 amide bonds. The molecule has 0 bridgehead atoms. The van der Waals surface area contributed by atoms with E-state index in [1.165, 1.54) is 10.7 Å². The highest BCUT2D eigenvalue weighted by molar-refractivity contribution is 5.39. The Kier molecular flexibility index (Phi) is 3.39. The summed E-state index contributed by atoms with van der Waals surface area (Å²) in [6.07, 6.45) is 2.06. The minimum atomic E-state index is -0.272.